The number of para-hydroxylation sites is 1. The zero-order valence-electron chi connectivity index (χ0n) is 17.4. The van der Waals surface area contributed by atoms with Crippen molar-refractivity contribution in [2.45, 2.75) is 38.8 Å². The number of carbonyl (C=O) groups is 3. The van der Waals surface area contributed by atoms with E-state index < -0.39 is 34.7 Å². The molecule has 2 unspecified atom stereocenters. The number of hydrogen-bond donors (Lipinski definition) is 3. The third-order valence-corrected chi connectivity index (χ3v) is 4.64. The molecule has 2 rings (SSSR count). The lowest BCUT2D eigenvalue weighted by atomic mass is 9.99. The largest absolute Gasteiger partial charge is 0.368 e. The van der Waals surface area contributed by atoms with Crippen molar-refractivity contribution in [3.63, 3.8) is 0 Å². The molecule has 12 heteroatoms. The van der Waals surface area contributed by atoms with Gasteiger partial charge in [0.2, 0.25) is 17.7 Å². The first kappa shape index (κ1) is 23.4. The highest BCUT2D eigenvalue weighted by Gasteiger charge is 2.28. The molecule has 0 saturated carbocycles. The van der Waals surface area contributed by atoms with Crippen LogP contribution in [0.1, 0.15) is 37.6 Å². The van der Waals surface area contributed by atoms with E-state index in [2.05, 4.69) is 20.9 Å². The number of nitro benzene ring substituents is 1. The first-order chi connectivity index (χ1) is 14.6. The minimum absolute atomic E-state index is 0.0685. The SMILES string of the molecule is CC(C)C(=O)NC(CC(=O)NC(Cc1cnnn1C)C(N)=O)c1ccccc1[N+](=O)[O-]. The summed E-state index contributed by atoms with van der Waals surface area (Å²) in [5.41, 5.74) is 5.95. The smallest absolute Gasteiger partial charge is 0.274 e. The Morgan fingerprint density at radius 1 is 1.23 bits per heavy atom. The van der Waals surface area contributed by atoms with Crippen LogP contribution in [-0.4, -0.2) is 43.7 Å². The molecule has 4 N–H and O–H groups in total. The predicted octanol–water partition coefficient (Wildman–Crippen LogP) is 0.140. The minimum Gasteiger partial charge on any atom is -0.368 e. The Morgan fingerprint density at radius 3 is 2.45 bits per heavy atom. The van der Waals surface area contributed by atoms with Gasteiger partial charge in [-0.25, -0.2) is 0 Å². The van der Waals surface area contributed by atoms with Crippen molar-refractivity contribution in [2.24, 2.45) is 18.7 Å². The summed E-state index contributed by atoms with van der Waals surface area (Å²) in [6.07, 6.45) is 1.19. The molecule has 1 aromatic carbocycles. The van der Waals surface area contributed by atoms with Gasteiger partial charge in [-0.15, -0.1) is 5.10 Å². The van der Waals surface area contributed by atoms with Gasteiger partial charge in [0.15, 0.2) is 0 Å². The predicted molar refractivity (Wildman–Crippen MR) is 109 cm³/mol. The zero-order chi connectivity index (χ0) is 23.1. The van der Waals surface area contributed by atoms with E-state index in [-0.39, 0.29) is 30.0 Å². The van der Waals surface area contributed by atoms with Crippen LogP contribution in [0.5, 0.6) is 0 Å². The Morgan fingerprint density at radius 2 is 1.90 bits per heavy atom. The highest BCUT2D eigenvalue weighted by Crippen LogP contribution is 2.27. The molecule has 12 nitrogen and oxygen atoms in total. The Balaban J connectivity index is 2.23. The van der Waals surface area contributed by atoms with E-state index in [4.69, 9.17) is 5.73 Å². The quantitative estimate of drug-likeness (QED) is 0.354. The topological polar surface area (TPSA) is 175 Å². The Bertz CT molecular complexity index is 972. The number of nitrogens with zero attached hydrogens (tertiary/aromatic N) is 4. The summed E-state index contributed by atoms with van der Waals surface area (Å²) in [5, 5.41) is 24.1. The summed E-state index contributed by atoms with van der Waals surface area (Å²) in [6, 6.07) is 3.83. The summed E-state index contributed by atoms with van der Waals surface area (Å²) in [5.74, 6) is -2.14. The van der Waals surface area contributed by atoms with Gasteiger partial charge in [-0.2, -0.15) is 0 Å². The second-order valence-electron chi connectivity index (χ2n) is 7.31. The number of primary amides is 1. The first-order valence-electron chi connectivity index (χ1n) is 9.56. The number of rotatable bonds is 10. The number of aryl methyl sites for hydroxylation is 1. The molecule has 166 valence electrons. The molecule has 0 aliphatic heterocycles. The maximum atomic E-state index is 12.7. The van der Waals surface area contributed by atoms with Crippen LogP contribution in [0.2, 0.25) is 0 Å². The van der Waals surface area contributed by atoms with E-state index in [0.29, 0.717) is 5.69 Å². The monoisotopic (exact) mass is 431 g/mol. The molecule has 2 aromatic rings. The van der Waals surface area contributed by atoms with Gasteiger partial charge in [0.05, 0.1) is 34.8 Å². The van der Waals surface area contributed by atoms with Crippen molar-refractivity contribution in [3.8, 4) is 0 Å². The van der Waals surface area contributed by atoms with Gasteiger partial charge in [0.1, 0.15) is 6.04 Å². The molecular weight excluding hydrogens is 406 g/mol. The van der Waals surface area contributed by atoms with E-state index in [1.807, 2.05) is 0 Å². The van der Waals surface area contributed by atoms with Gasteiger partial charge in [-0.1, -0.05) is 37.3 Å². The second-order valence-corrected chi connectivity index (χ2v) is 7.31. The number of nitrogens with two attached hydrogens (primary N) is 1. The fourth-order valence-electron chi connectivity index (χ4n) is 2.89. The lowest BCUT2D eigenvalue weighted by Crippen LogP contribution is -2.47. The molecule has 31 heavy (non-hydrogen) atoms. The zero-order valence-corrected chi connectivity index (χ0v) is 17.4. The molecule has 0 radical (unpaired) electrons. The van der Waals surface area contributed by atoms with E-state index in [0.717, 1.165) is 0 Å². The van der Waals surface area contributed by atoms with Gasteiger partial charge in [-0.05, 0) is 0 Å². The van der Waals surface area contributed by atoms with Crippen molar-refractivity contribution in [1.29, 1.82) is 0 Å². The van der Waals surface area contributed by atoms with Crippen LogP contribution in [0.25, 0.3) is 0 Å². The van der Waals surface area contributed by atoms with Crippen LogP contribution in [0.15, 0.2) is 30.5 Å². The highest BCUT2D eigenvalue weighted by molar-refractivity contribution is 5.87. The van der Waals surface area contributed by atoms with Crippen LogP contribution in [0.4, 0.5) is 5.69 Å². The average molecular weight is 431 g/mol. The van der Waals surface area contributed by atoms with Crippen molar-refractivity contribution >= 4 is 23.4 Å². The fourth-order valence-corrected chi connectivity index (χ4v) is 2.89. The highest BCUT2D eigenvalue weighted by atomic mass is 16.6. The molecule has 3 amide bonds. The lowest BCUT2D eigenvalue weighted by Gasteiger charge is -2.22. The Labute approximate surface area is 178 Å². The molecule has 0 aliphatic rings. The van der Waals surface area contributed by atoms with Crippen molar-refractivity contribution in [3.05, 3.63) is 51.8 Å². The number of nitro groups is 1. The van der Waals surface area contributed by atoms with Gasteiger partial charge < -0.3 is 16.4 Å². The molecule has 0 spiro atoms. The third kappa shape index (κ3) is 6.32. The second kappa shape index (κ2) is 10.3. The summed E-state index contributed by atoms with van der Waals surface area (Å²) in [6.45, 7) is 3.33. The average Bonchev–Trinajstić information content (AvgIpc) is 3.11. The molecule has 0 bridgehead atoms. The first-order valence-corrected chi connectivity index (χ1v) is 9.56. The van der Waals surface area contributed by atoms with Gasteiger partial charge in [0, 0.05) is 25.5 Å². The van der Waals surface area contributed by atoms with Crippen molar-refractivity contribution < 1.29 is 19.3 Å². The summed E-state index contributed by atoms with van der Waals surface area (Å²) < 4.78 is 1.45. The van der Waals surface area contributed by atoms with Crippen molar-refractivity contribution in [1.82, 2.24) is 25.6 Å². The molecule has 0 fully saturated rings. The summed E-state index contributed by atoms with van der Waals surface area (Å²) >= 11 is 0. The number of carbonyl (C=O) groups excluding carboxylic acids is 3. The minimum atomic E-state index is -1.04. The molecule has 2 atom stereocenters. The third-order valence-electron chi connectivity index (χ3n) is 4.64. The van der Waals surface area contributed by atoms with E-state index in [1.165, 1.54) is 29.1 Å². The van der Waals surface area contributed by atoms with Crippen LogP contribution in [0, 0.1) is 16.0 Å². The summed E-state index contributed by atoms with van der Waals surface area (Å²) in [7, 11) is 1.63. The van der Waals surface area contributed by atoms with Crippen LogP contribution < -0.4 is 16.4 Å². The maximum Gasteiger partial charge on any atom is 0.274 e. The number of benzene rings is 1. The van der Waals surface area contributed by atoms with Gasteiger partial charge in [0.25, 0.3) is 5.69 Å². The van der Waals surface area contributed by atoms with Crippen LogP contribution >= 0.6 is 0 Å². The standard InChI is InChI=1S/C19H25N7O5/c1-11(2)19(29)23-14(13-6-4-5-7-16(13)26(30)31)9-17(27)22-15(18(20)28)8-12-10-21-24-25(12)3/h4-7,10-11,14-15H,8-9H2,1-3H3,(H2,20,28)(H,22,27)(H,23,29). The van der Waals surface area contributed by atoms with E-state index >= 15 is 0 Å². The normalized spacial score (nSPS) is 12.8. The molecule has 1 aromatic heterocycles. The Kier molecular flexibility index (Phi) is 7.77. The van der Waals surface area contributed by atoms with Gasteiger partial charge in [-0.3, -0.25) is 29.2 Å². The number of amides is 3. The molecule has 0 aliphatic carbocycles. The van der Waals surface area contributed by atoms with E-state index in [1.54, 1.807) is 27.0 Å². The number of hydrogen-bond acceptors (Lipinski definition) is 7. The maximum absolute atomic E-state index is 12.7. The molecular formula is C19H25N7O5. The number of nitrogens with one attached hydrogen (secondary N) is 2. The molecule has 0 saturated heterocycles. The van der Waals surface area contributed by atoms with Crippen LogP contribution in [-0.2, 0) is 27.9 Å². The van der Waals surface area contributed by atoms with E-state index in [9.17, 15) is 24.5 Å². The summed E-state index contributed by atoms with van der Waals surface area (Å²) in [4.78, 5) is 47.7. The van der Waals surface area contributed by atoms with Crippen molar-refractivity contribution in [2.75, 3.05) is 0 Å². The number of aromatic nitrogens is 3. The van der Waals surface area contributed by atoms with Crippen LogP contribution in [0.3, 0.4) is 0 Å². The molecule has 1 heterocycles. The van der Waals surface area contributed by atoms with Gasteiger partial charge >= 0.3 is 0 Å². The Hall–Kier alpha value is -3.83. The lowest BCUT2D eigenvalue weighted by molar-refractivity contribution is -0.385. The fraction of sp³-hybridized carbons (Fsp3) is 0.421.